The quantitative estimate of drug-likeness (QED) is 0.775. The van der Waals surface area contributed by atoms with Gasteiger partial charge in [0.2, 0.25) is 0 Å². The Labute approximate surface area is 69.2 Å². The molecule has 0 atom stereocenters. The first kappa shape index (κ1) is 8.18. The number of carbonyl (C=O) groups excluding carboxylic acids is 1. The molecule has 1 aliphatic rings. The molecule has 1 rings (SSSR count). The van der Waals surface area contributed by atoms with Gasteiger partial charge in [0.1, 0.15) is 0 Å². The number of rotatable bonds is 2. The van der Waals surface area contributed by atoms with Gasteiger partial charge in [-0.2, -0.15) is 0 Å². The Morgan fingerprint density at radius 1 is 1.80 bits per heavy atom. The van der Waals surface area contributed by atoms with Gasteiger partial charge in [0, 0.05) is 0 Å². The van der Waals surface area contributed by atoms with Crippen LogP contribution in [0.1, 0.15) is 13.3 Å². The topological polar surface area (TPSA) is 29.1 Å². The van der Waals surface area contributed by atoms with E-state index in [4.69, 9.17) is 0 Å². The Bertz CT molecular complexity index is 156. The van der Waals surface area contributed by atoms with Gasteiger partial charge in [-0.25, -0.2) is 0 Å². The van der Waals surface area contributed by atoms with Crippen molar-refractivity contribution in [3.63, 3.8) is 0 Å². The summed E-state index contributed by atoms with van der Waals surface area (Å²) in [6, 6.07) is 0. The van der Waals surface area contributed by atoms with Gasteiger partial charge in [-0.05, 0) is 0 Å². The van der Waals surface area contributed by atoms with Crippen LogP contribution in [0.5, 0.6) is 0 Å². The van der Waals surface area contributed by atoms with E-state index in [0.717, 1.165) is 13.0 Å². The van der Waals surface area contributed by atoms with Crippen molar-refractivity contribution in [3.05, 3.63) is 9.91 Å². The summed E-state index contributed by atoms with van der Waals surface area (Å²) in [7, 11) is 0. The van der Waals surface area contributed by atoms with Crippen LogP contribution in [0, 0.1) is 0 Å². The molecular formula is C7H12InNO. The summed E-state index contributed by atoms with van der Waals surface area (Å²) in [5.41, 5.74) is 0. The molecule has 0 saturated heterocycles. The molecule has 1 heterocycles. The molecule has 0 unspecified atom stereocenters. The third kappa shape index (κ3) is 2.04. The molecule has 0 bridgehead atoms. The number of hydrogen-bond donors (Lipinski definition) is 1. The molecule has 1 amide bonds. The fourth-order valence-corrected chi connectivity index (χ4v) is 7.34. The molecule has 0 aliphatic carbocycles. The molecule has 0 saturated carbocycles. The average molecular weight is 241 g/mol. The second-order valence-electron chi connectivity index (χ2n) is 2.51. The summed E-state index contributed by atoms with van der Waals surface area (Å²) >= 11 is -1.78. The molecule has 0 spiro atoms. The van der Waals surface area contributed by atoms with Crippen LogP contribution >= 0.6 is 0 Å². The predicted octanol–water partition coefficient (Wildman–Crippen LogP) is 1.29. The van der Waals surface area contributed by atoms with Crippen LogP contribution in [0.3, 0.4) is 0 Å². The van der Waals surface area contributed by atoms with E-state index < -0.39 is 21.4 Å². The third-order valence-electron chi connectivity index (χ3n) is 1.70. The van der Waals surface area contributed by atoms with E-state index in [1.54, 1.807) is 0 Å². The van der Waals surface area contributed by atoms with Crippen molar-refractivity contribution in [1.82, 2.24) is 5.32 Å². The summed E-state index contributed by atoms with van der Waals surface area (Å²) < 4.78 is 3.79. The van der Waals surface area contributed by atoms with Crippen LogP contribution in [0.15, 0.2) is 9.91 Å². The SMILES string of the molecule is CCN[C](=O)[In]1[CH]=CC[CH2]1. The Morgan fingerprint density at radius 2 is 2.60 bits per heavy atom. The van der Waals surface area contributed by atoms with Crippen LogP contribution in [-0.4, -0.2) is 31.6 Å². The molecule has 54 valence electrons. The zero-order valence-corrected chi connectivity index (χ0v) is 9.56. The molecular weight excluding hydrogens is 229 g/mol. The molecule has 0 aromatic carbocycles. The molecule has 0 aromatic rings. The summed E-state index contributed by atoms with van der Waals surface area (Å²) in [4.78, 5) is 11.2. The van der Waals surface area contributed by atoms with Crippen molar-refractivity contribution < 1.29 is 4.79 Å². The van der Waals surface area contributed by atoms with Gasteiger partial charge in [0.25, 0.3) is 0 Å². The van der Waals surface area contributed by atoms with Crippen molar-refractivity contribution in [1.29, 1.82) is 0 Å². The molecule has 0 aromatic heterocycles. The van der Waals surface area contributed by atoms with Crippen LogP contribution in [-0.2, 0) is 0 Å². The van der Waals surface area contributed by atoms with Gasteiger partial charge >= 0.3 is 69.2 Å². The fraction of sp³-hybridized carbons (Fsp3) is 0.571. The van der Waals surface area contributed by atoms with Crippen molar-refractivity contribution in [2.24, 2.45) is 0 Å². The van der Waals surface area contributed by atoms with E-state index >= 15 is 0 Å². The van der Waals surface area contributed by atoms with E-state index in [9.17, 15) is 4.79 Å². The standard InChI is InChI=1S/C4H6.C3H6NO.In/c1-3-4-2;1-2-4-3-5;/h1,3H,2,4H2;2H2,1H3,(H,4,5);. The second kappa shape index (κ2) is 4.06. The fourth-order valence-electron chi connectivity index (χ4n) is 1.16. The van der Waals surface area contributed by atoms with E-state index in [2.05, 4.69) is 15.2 Å². The van der Waals surface area contributed by atoms with E-state index in [1.807, 2.05) is 6.92 Å². The van der Waals surface area contributed by atoms with Crippen LogP contribution in [0.2, 0.25) is 4.18 Å². The van der Waals surface area contributed by atoms with Gasteiger partial charge in [-0.15, -0.1) is 0 Å². The van der Waals surface area contributed by atoms with Crippen molar-refractivity contribution in [2.75, 3.05) is 6.54 Å². The molecule has 1 N–H and O–H groups in total. The van der Waals surface area contributed by atoms with E-state index in [0.29, 0.717) is 3.66 Å². The predicted molar refractivity (Wildman–Crippen MR) is 43.4 cm³/mol. The van der Waals surface area contributed by atoms with E-state index in [1.165, 1.54) is 4.18 Å². The summed E-state index contributed by atoms with van der Waals surface area (Å²) in [6.07, 6.45) is 3.31. The Morgan fingerprint density at radius 3 is 3.10 bits per heavy atom. The molecule has 1 aliphatic heterocycles. The molecule has 10 heavy (non-hydrogen) atoms. The Hall–Kier alpha value is 0.0801. The van der Waals surface area contributed by atoms with Gasteiger partial charge in [-0.3, -0.25) is 0 Å². The zero-order chi connectivity index (χ0) is 7.40. The molecule has 3 heteroatoms. The first-order valence-corrected chi connectivity index (χ1v) is 9.67. The van der Waals surface area contributed by atoms with Gasteiger partial charge in [0.15, 0.2) is 0 Å². The summed E-state index contributed by atoms with van der Waals surface area (Å²) in [6.45, 7) is 2.77. The first-order valence-electron chi connectivity index (χ1n) is 3.79. The maximum absolute atomic E-state index is 11.2. The zero-order valence-electron chi connectivity index (χ0n) is 6.26. The first-order chi connectivity index (χ1) is 4.84. The van der Waals surface area contributed by atoms with E-state index in [-0.39, 0.29) is 0 Å². The summed E-state index contributed by atoms with van der Waals surface area (Å²) in [5, 5.41) is 2.89. The van der Waals surface area contributed by atoms with Crippen LogP contribution in [0.4, 0.5) is 4.79 Å². The second-order valence-corrected chi connectivity index (χ2v) is 10.2. The number of amides is 1. The Balaban J connectivity index is 2.33. The monoisotopic (exact) mass is 241 g/mol. The number of nitrogens with one attached hydrogen (secondary N) is 1. The van der Waals surface area contributed by atoms with Gasteiger partial charge < -0.3 is 0 Å². The van der Waals surface area contributed by atoms with Crippen molar-refractivity contribution in [2.45, 2.75) is 17.5 Å². The number of hydrogen-bond acceptors (Lipinski definition) is 1. The third-order valence-corrected chi connectivity index (χ3v) is 9.03. The maximum atomic E-state index is 11.2. The molecule has 0 radical (unpaired) electrons. The summed E-state index contributed by atoms with van der Waals surface area (Å²) in [5.74, 6) is 0. The number of carbonyl (C=O) groups is 1. The van der Waals surface area contributed by atoms with Gasteiger partial charge in [0.05, 0.1) is 0 Å². The number of allylic oxidation sites excluding steroid dienone is 1. The van der Waals surface area contributed by atoms with Crippen LogP contribution in [0.25, 0.3) is 0 Å². The molecule has 2 nitrogen and oxygen atoms in total. The van der Waals surface area contributed by atoms with Gasteiger partial charge in [-0.1, -0.05) is 0 Å². The van der Waals surface area contributed by atoms with Crippen LogP contribution < -0.4 is 5.32 Å². The van der Waals surface area contributed by atoms with Crippen molar-refractivity contribution >= 4 is 25.1 Å². The minimum atomic E-state index is -1.78. The Kier molecular flexibility index (Phi) is 3.32. The average Bonchev–Trinajstić information content (AvgIpc) is 2.38. The van der Waals surface area contributed by atoms with Crippen molar-refractivity contribution in [3.8, 4) is 0 Å². The normalized spacial score (nSPS) is 15.9. The minimum absolute atomic E-state index is 0.387. The molecule has 0 fully saturated rings.